The maximum atomic E-state index is 10.5. The molecule has 4 aromatic rings. The van der Waals surface area contributed by atoms with Gasteiger partial charge in [-0.1, -0.05) is 48.5 Å². The van der Waals surface area contributed by atoms with Gasteiger partial charge in [-0.05, 0) is 48.5 Å². The molecular weight excluding hydrogens is 696 g/mol. The number of carboxylic acid groups (broad SMARTS) is 8. The van der Waals surface area contributed by atoms with Crippen molar-refractivity contribution >= 4 is 47.8 Å². The number of hydrogen-bond acceptors (Lipinski definition) is 10. The maximum absolute atomic E-state index is 10.5. The Morgan fingerprint density at radius 2 is 0.385 bits per heavy atom. The van der Waals surface area contributed by atoms with E-state index in [-0.39, 0.29) is 44.5 Å². The molecule has 1 aliphatic rings. The number of carbonyl (C=O) groups is 8. The molecule has 1 heterocycles. The van der Waals surface area contributed by atoms with Crippen molar-refractivity contribution in [3.05, 3.63) is 142 Å². The van der Waals surface area contributed by atoms with E-state index >= 15 is 0 Å². The lowest BCUT2D eigenvalue weighted by molar-refractivity contribution is -0.382. The van der Waals surface area contributed by atoms with Gasteiger partial charge in [0.25, 0.3) is 0 Å². The Bertz CT molecular complexity index is 1520. The number of hydrogen-bond donors (Lipinski definition) is 8. The Morgan fingerprint density at radius 3 is 0.442 bits per heavy atom. The van der Waals surface area contributed by atoms with Crippen LogP contribution >= 0.6 is 0 Å². The average molecular weight is 725 g/mol. The fraction of sp³-hybridized carbons (Fsp3) is 0.0588. The molecule has 0 aromatic heterocycles. The predicted molar refractivity (Wildman–Crippen MR) is 173 cm³/mol. The Labute approximate surface area is 291 Å². The van der Waals surface area contributed by atoms with E-state index in [1.807, 2.05) is 0 Å². The van der Waals surface area contributed by atoms with Crippen LogP contribution in [0.2, 0.25) is 0 Å². The van der Waals surface area contributed by atoms with Crippen LogP contribution in [0, 0.1) is 0 Å². The molecule has 4 aromatic carbocycles. The van der Waals surface area contributed by atoms with Crippen LogP contribution < -0.4 is 0 Å². The Morgan fingerprint density at radius 1 is 0.288 bits per heavy atom. The van der Waals surface area contributed by atoms with Crippen LogP contribution in [0.4, 0.5) is 0 Å². The second kappa shape index (κ2) is 21.5. The van der Waals surface area contributed by atoms with Gasteiger partial charge in [0.1, 0.15) is 13.2 Å². The van der Waals surface area contributed by atoms with Gasteiger partial charge in [0.2, 0.25) is 0 Å². The highest BCUT2D eigenvalue weighted by atomic mass is 17.2. The lowest BCUT2D eigenvalue weighted by Crippen LogP contribution is -2.14. The minimum Gasteiger partial charge on any atom is -0.478 e. The Hall–Kier alpha value is -7.44. The van der Waals surface area contributed by atoms with Crippen LogP contribution in [0.3, 0.4) is 0 Å². The van der Waals surface area contributed by atoms with Gasteiger partial charge in [-0.2, -0.15) is 0 Å². The van der Waals surface area contributed by atoms with Crippen molar-refractivity contribution in [3.63, 3.8) is 0 Å². The molecule has 0 spiro atoms. The monoisotopic (exact) mass is 724 g/mol. The molecular formula is C34H28O18. The van der Waals surface area contributed by atoms with Gasteiger partial charge >= 0.3 is 47.8 Å². The third-order valence-corrected chi connectivity index (χ3v) is 5.88. The zero-order valence-electron chi connectivity index (χ0n) is 26.3. The molecule has 1 aliphatic heterocycles. The standard InChI is InChI=1S/4C8H6O4.C2H4O2/c4*9-7(10)5-3-1-2-4-6(5)8(11)12;1-2-4-3-1/h4*1-4H,(H,9,10)(H,11,12);1-2H2. The maximum Gasteiger partial charge on any atom is 0.336 e. The highest BCUT2D eigenvalue weighted by Crippen LogP contribution is 2.10. The summed E-state index contributed by atoms with van der Waals surface area (Å²) in [4.78, 5) is 92.1. The molecule has 1 saturated heterocycles. The predicted octanol–water partition coefficient (Wildman–Crippen LogP) is 4.28. The summed E-state index contributed by atoms with van der Waals surface area (Å²) in [5, 5.41) is 68.4. The highest BCUT2D eigenvalue weighted by Gasteiger charge is 2.16. The fourth-order valence-corrected chi connectivity index (χ4v) is 3.51. The van der Waals surface area contributed by atoms with Crippen LogP contribution in [-0.4, -0.2) is 102 Å². The van der Waals surface area contributed by atoms with Crippen molar-refractivity contribution in [1.82, 2.24) is 0 Å². The van der Waals surface area contributed by atoms with E-state index in [1.165, 1.54) is 97.1 Å². The summed E-state index contributed by atoms with van der Waals surface area (Å²) in [6, 6.07) is 21.9. The van der Waals surface area contributed by atoms with E-state index in [0.29, 0.717) is 0 Å². The van der Waals surface area contributed by atoms with Crippen molar-refractivity contribution in [2.45, 2.75) is 0 Å². The van der Waals surface area contributed by atoms with Crippen molar-refractivity contribution in [2.75, 3.05) is 13.2 Å². The van der Waals surface area contributed by atoms with Crippen molar-refractivity contribution in [3.8, 4) is 0 Å². The first kappa shape index (κ1) is 42.6. The third kappa shape index (κ3) is 14.0. The number of aromatic carboxylic acids is 8. The van der Waals surface area contributed by atoms with Crippen LogP contribution in [0.1, 0.15) is 82.9 Å². The minimum atomic E-state index is -1.23. The Balaban J connectivity index is 0.000000334. The zero-order valence-corrected chi connectivity index (χ0v) is 26.3. The highest BCUT2D eigenvalue weighted by molar-refractivity contribution is 6.03. The Kier molecular flexibility index (Phi) is 17.6. The molecule has 0 saturated carbocycles. The molecule has 18 nitrogen and oxygen atoms in total. The first-order chi connectivity index (χ1) is 24.5. The molecule has 0 bridgehead atoms. The second-order valence-electron chi connectivity index (χ2n) is 9.27. The smallest absolute Gasteiger partial charge is 0.336 e. The van der Waals surface area contributed by atoms with Crippen molar-refractivity contribution in [2.24, 2.45) is 0 Å². The molecule has 272 valence electrons. The molecule has 0 amide bonds. The van der Waals surface area contributed by atoms with Gasteiger partial charge in [0.15, 0.2) is 0 Å². The van der Waals surface area contributed by atoms with E-state index < -0.39 is 47.8 Å². The number of carboxylic acids is 8. The van der Waals surface area contributed by atoms with Crippen LogP contribution in [-0.2, 0) is 9.78 Å². The van der Waals surface area contributed by atoms with Gasteiger partial charge in [0.05, 0.1) is 44.5 Å². The number of rotatable bonds is 8. The summed E-state index contributed by atoms with van der Waals surface area (Å²) < 4.78 is 0. The molecule has 5 rings (SSSR count). The van der Waals surface area contributed by atoms with Crippen LogP contribution in [0.5, 0.6) is 0 Å². The lowest BCUT2D eigenvalue weighted by atomic mass is 10.1. The second-order valence-corrected chi connectivity index (χ2v) is 9.27. The van der Waals surface area contributed by atoms with Gasteiger partial charge in [-0.15, -0.1) is 0 Å². The van der Waals surface area contributed by atoms with Gasteiger partial charge in [-0.3, -0.25) is 0 Å². The van der Waals surface area contributed by atoms with Crippen molar-refractivity contribution < 1.29 is 89.0 Å². The van der Waals surface area contributed by atoms with E-state index in [0.717, 1.165) is 13.2 Å². The normalized spacial score (nSPS) is 10.5. The summed E-state index contributed by atoms with van der Waals surface area (Å²) in [5.74, 6) is -9.83. The first-order valence-corrected chi connectivity index (χ1v) is 14.0. The van der Waals surface area contributed by atoms with E-state index in [1.54, 1.807) is 0 Å². The van der Waals surface area contributed by atoms with Crippen molar-refractivity contribution in [1.29, 1.82) is 0 Å². The topological polar surface area (TPSA) is 317 Å². The van der Waals surface area contributed by atoms with Gasteiger partial charge in [0, 0.05) is 0 Å². The minimum absolute atomic E-state index is 0.190. The molecule has 18 heteroatoms. The first-order valence-electron chi connectivity index (χ1n) is 14.0. The van der Waals surface area contributed by atoms with Crippen LogP contribution in [0.15, 0.2) is 97.1 Å². The van der Waals surface area contributed by atoms with Gasteiger partial charge < -0.3 is 40.9 Å². The lowest BCUT2D eigenvalue weighted by Gasteiger charge is -2.08. The SMILES string of the molecule is C1COO1.O=C(O)c1ccccc1C(=O)O.O=C(O)c1ccccc1C(=O)O.O=C(O)c1ccccc1C(=O)O.O=C(O)c1ccccc1C(=O)O. The van der Waals surface area contributed by atoms with Crippen LogP contribution in [0.25, 0.3) is 0 Å². The summed E-state index contributed by atoms with van der Waals surface area (Å²) in [7, 11) is 0. The average Bonchev–Trinajstić information content (AvgIpc) is 3.08. The van der Waals surface area contributed by atoms with E-state index in [4.69, 9.17) is 40.9 Å². The third-order valence-electron chi connectivity index (χ3n) is 5.88. The molecule has 0 aliphatic carbocycles. The summed E-state index contributed by atoms with van der Waals surface area (Å²) in [5.41, 5.74) is -1.52. The summed E-state index contributed by atoms with van der Waals surface area (Å²) >= 11 is 0. The quantitative estimate of drug-likeness (QED) is 0.118. The van der Waals surface area contributed by atoms with E-state index in [9.17, 15) is 38.4 Å². The molecule has 0 radical (unpaired) electrons. The summed E-state index contributed by atoms with van der Waals surface area (Å²) in [6.07, 6.45) is 0. The molecule has 8 N–H and O–H groups in total. The zero-order chi connectivity index (χ0) is 39.4. The summed E-state index contributed by atoms with van der Waals surface area (Å²) in [6.45, 7) is 1.56. The molecule has 0 unspecified atom stereocenters. The molecule has 1 fully saturated rings. The largest absolute Gasteiger partial charge is 0.478 e. The van der Waals surface area contributed by atoms with E-state index in [2.05, 4.69) is 9.78 Å². The molecule has 0 atom stereocenters. The number of benzene rings is 4. The van der Waals surface area contributed by atoms with Gasteiger partial charge in [-0.25, -0.2) is 48.1 Å². The fourth-order valence-electron chi connectivity index (χ4n) is 3.51. The molecule has 52 heavy (non-hydrogen) atoms.